The zero-order valence-electron chi connectivity index (χ0n) is 24.2. The van der Waals surface area contributed by atoms with Crippen molar-refractivity contribution in [1.82, 2.24) is 0 Å². The minimum absolute atomic E-state index is 0.132. The number of rotatable bonds is 3. The Morgan fingerprint density at radius 3 is 1.67 bits per heavy atom. The molecule has 2 heterocycles. The molecular formula is C39H31BN2. The summed E-state index contributed by atoms with van der Waals surface area (Å²) in [5.41, 5.74) is 17.8. The molecule has 2 aliphatic rings. The number of benzene rings is 6. The van der Waals surface area contributed by atoms with Gasteiger partial charge >= 0.3 is 0 Å². The summed E-state index contributed by atoms with van der Waals surface area (Å²) in [6.07, 6.45) is 0. The van der Waals surface area contributed by atoms with Crippen molar-refractivity contribution in [1.29, 1.82) is 0 Å². The van der Waals surface area contributed by atoms with Gasteiger partial charge in [-0.05, 0) is 108 Å². The fourth-order valence-corrected chi connectivity index (χ4v) is 7.22. The Kier molecular flexibility index (Phi) is 5.62. The smallest absolute Gasteiger partial charge is 0.252 e. The lowest BCUT2D eigenvalue weighted by Crippen LogP contribution is -2.62. The second kappa shape index (κ2) is 9.53. The summed E-state index contributed by atoms with van der Waals surface area (Å²) in [7, 11) is 0. The maximum atomic E-state index is 2.50. The van der Waals surface area contributed by atoms with Gasteiger partial charge in [0.25, 0.3) is 6.71 Å². The summed E-state index contributed by atoms with van der Waals surface area (Å²) in [5.74, 6) is 0. The van der Waals surface area contributed by atoms with Gasteiger partial charge in [0, 0.05) is 34.1 Å². The summed E-state index contributed by atoms with van der Waals surface area (Å²) >= 11 is 0. The van der Waals surface area contributed by atoms with Crippen LogP contribution in [0.25, 0.3) is 11.1 Å². The Hall–Kier alpha value is -5.02. The first kappa shape index (κ1) is 24.8. The van der Waals surface area contributed by atoms with Gasteiger partial charge < -0.3 is 9.80 Å². The van der Waals surface area contributed by atoms with Crippen molar-refractivity contribution in [2.75, 3.05) is 9.80 Å². The zero-order valence-corrected chi connectivity index (χ0v) is 24.2. The molecule has 3 heteroatoms. The maximum Gasteiger partial charge on any atom is 0.252 e. The molecule has 0 saturated carbocycles. The second-order valence-electron chi connectivity index (χ2n) is 11.6. The molecule has 0 fully saturated rings. The van der Waals surface area contributed by atoms with Crippen molar-refractivity contribution >= 4 is 57.2 Å². The predicted octanol–water partition coefficient (Wildman–Crippen LogP) is 8.36. The highest BCUT2D eigenvalue weighted by Gasteiger charge is 2.44. The third-order valence-electron chi connectivity index (χ3n) is 8.92. The van der Waals surface area contributed by atoms with Crippen molar-refractivity contribution in [2.24, 2.45) is 0 Å². The lowest BCUT2D eigenvalue weighted by Gasteiger charge is -2.45. The molecule has 42 heavy (non-hydrogen) atoms. The van der Waals surface area contributed by atoms with E-state index in [0.717, 1.165) is 0 Å². The Labute approximate surface area is 248 Å². The van der Waals surface area contributed by atoms with Gasteiger partial charge in [-0.1, -0.05) is 90.5 Å². The minimum atomic E-state index is 0.132. The molecule has 0 aromatic heterocycles. The van der Waals surface area contributed by atoms with Crippen LogP contribution in [-0.4, -0.2) is 6.71 Å². The third kappa shape index (κ3) is 3.67. The Bertz CT molecular complexity index is 1980. The Morgan fingerprint density at radius 2 is 1.00 bits per heavy atom. The van der Waals surface area contributed by atoms with Gasteiger partial charge in [0.2, 0.25) is 0 Å². The molecular weight excluding hydrogens is 507 g/mol. The second-order valence-corrected chi connectivity index (χ2v) is 11.6. The van der Waals surface area contributed by atoms with E-state index in [1.165, 1.54) is 78.3 Å². The Morgan fingerprint density at radius 1 is 0.452 bits per heavy atom. The molecule has 0 saturated heterocycles. The predicted molar refractivity (Wildman–Crippen MR) is 180 cm³/mol. The monoisotopic (exact) mass is 538 g/mol. The van der Waals surface area contributed by atoms with E-state index in [1.807, 2.05) is 0 Å². The van der Waals surface area contributed by atoms with Gasteiger partial charge in [-0.3, -0.25) is 0 Å². The first-order valence-electron chi connectivity index (χ1n) is 14.7. The van der Waals surface area contributed by atoms with Gasteiger partial charge in [-0.15, -0.1) is 0 Å². The average molecular weight is 539 g/mol. The highest BCUT2D eigenvalue weighted by Crippen LogP contribution is 2.46. The van der Waals surface area contributed by atoms with Crippen LogP contribution in [0.15, 0.2) is 133 Å². The molecule has 8 rings (SSSR count). The Balaban J connectivity index is 1.54. The van der Waals surface area contributed by atoms with Crippen LogP contribution >= 0.6 is 0 Å². The van der Waals surface area contributed by atoms with Crippen LogP contribution in [0, 0.1) is 20.8 Å². The van der Waals surface area contributed by atoms with Crippen LogP contribution in [0.5, 0.6) is 0 Å². The van der Waals surface area contributed by atoms with E-state index >= 15 is 0 Å². The fraction of sp³-hybridized carbons (Fsp3) is 0.0769. The number of hydrogen-bond donors (Lipinski definition) is 0. The molecule has 2 aliphatic heterocycles. The molecule has 0 aliphatic carbocycles. The lowest BCUT2D eigenvalue weighted by atomic mass is 9.32. The molecule has 0 amide bonds. The topological polar surface area (TPSA) is 6.48 Å². The van der Waals surface area contributed by atoms with Gasteiger partial charge in [-0.2, -0.15) is 0 Å². The summed E-state index contributed by atoms with van der Waals surface area (Å²) in [5, 5.41) is 0. The van der Waals surface area contributed by atoms with E-state index in [9.17, 15) is 0 Å². The van der Waals surface area contributed by atoms with Crippen LogP contribution < -0.4 is 26.2 Å². The normalized spacial score (nSPS) is 13.0. The van der Waals surface area contributed by atoms with Gasteiger partial charge in [0.1, 0.15) is 0 Å². The van der Waals surface area contributed by atoms with Gasteiger partial charge in [0.15, 0.2) is 0 Å². The molecule has 0 bridgehead atoms. The zero-order chi connectivity index (χ0) is 28.4. The van der Waals surface area contributed by atoms with Crippen LogP contribution in [0.2, 0.25) is 0 Å². The first-order valence-corrected chi connectivity index (χ1v) is 14.7. The third-order valence-corrected chi connectivity index (χ3v) is 8.92. The van der Waals surface area contributed by atoms with Crippen LogP contribution in [0.3, 0.4) is 0 Å². The minimum Gasteiger partial charge on any atom is -0.311 e. The van der Waals surface area contributed by atoms with Crippen LogP contribution in [-0.2, 0) is 0 Å². The summed E-state index contributed by atoms with van der Waals surface area (Å²) in [6, 6.07) is 49.0. The highest BCUT2D eigenvalue weighted by molar-refractivity contribution is 7.00. The fourth-order valence-electron chi connectivity index (χ4n) is 7.22. The van der Waals surface area contributed by atoms with Gasteiger partial charge in [-0.25, -0.2) is 0 Å². The maximum absolute atomic E-state index is 2.50. The molecule has 0 spiro atoms. The van der Waals surface area contributed by atoms with Crippen molar-refractivity contribution in [2.45, 2.75) is 20.8 Å². The SMILES string of the molecule is Cc1cc(C)c2c(c1)N(c1ccccc1)c1cc(-c3ccccc3C)cc3c1B2c1ccccc1N3c1ccccc1. The molecule has 0 N–H and O–H groups in total. The summed E-state index contributed by atoms with van der Waals surface area (Å²) in [6.45, 7) is 6.85. The first-order chi connectivity index (χ1) is 20.6. The number of hydrogen-bond acceptors (Lipinski definition) is 2. The van der Waals surface area contributed by atoms with E-state index < -0.39 is 0 Å². The van der Waals surface area contributed by atoms with Gasteiger partial charge in [0.05, 0.1) is 0 Å². The number of aryl methyl sites for hydroxylation is 3. The molecule has 6 aromatic carbocycles. The summed E-state index contributed by atoms with van der Waals surface area (Å²) < 4.78 is 0. The number of nitrogens with zero attached hydrogens (tertiary/aromatic N) is 2. The van der Waals surface area contributed by atoms with Crippen molar-refractivity contribution in [3.05, 3.63) is 150 Å². The van der Waals surface area contributed by atoms with Crippen LogP contribution in [0.4, 0.5) is 34.1 Å². The molecule has 0 atom stereocenters. The molecule has 6 aromatic rings. The van der Waals surface area contributed by atoms with E-state index in [1.54, 1.807) is 0 Å². The molecule has 0 radical (unpaired) electrons. The molecule has 2 nitrogen and oxygen atoms in total. The summed E-state index contributed by atoms with van der Waals surface area (Å²) in [4.78, 5) is 4.98. The molecule has 200 valence electrons. The average Bonchev–Trinajstić information content (AvgIpc) is 3.01. The van der Waals surface area contributed by atoms with Crippen molar-refractivity contribution in [3.8, 4) is 11.1 Å². The molecule has 0 unspecified atom stereocenters. The highest BCUT2D eigenvalue weighted by atomic mass is 15.2. The van der Waals surface area contributed by atoms with Crippen molar-refractivity contribution < 1.29 is 0 Å². The largest absolute Gasteiger partial charge is 0.311 e. The lowest BCUT2D eigenvalue weighted by molar-refractivity contribution is 1.24. The van der Waals surface area contributed by atoms with E-state index in [0.29, 0.717) is 0 Å². The standard InChI is InChI=1S/C39H31BN2/c1-26-22-28(3)38-35(23-26)42(31-17-8-5-9-18-31)37-25-29(32-19-11-10-14-27(32)2)24-36-39(37)40(38)33-20-12-13-21-34(33)41(36)30-15-6-4-7-16-30/h4-25H,1-3H3. The van der Waals surface area contributed by atoms with Crippen LogP contribution in [0.1, 0.15) is 16.7 Å². The number of anilines is 6. The van der Waals surface area contributed by atoms with E-state index in [-0.39, 0.29) is 6.71 Å². The van der Waals surface area contributed by atoms with E-state index in [2.05, 4.69) is 164 Å². The number of para-hydroxylation sites is 3. The quantitative estimate of drug-likeness (QED) is 0.209. The van der Waals surface area contributed by atoms with E-state index in [4.69, 9.17) is 0 Å². The number of fused-ring (bicyclic) bond motifs is 4. The van der Waals surface area contributed by atoms with Crippen molar-refractivity contribution in [3.63, 3.8) is 0 Å².